The van der Waals surface area contributed by atoms with Crippen LogP contribution in [0.5, 0.6) is 0 Å². The van der Waals surface area contributed by atoms with Crippen LogP contribution >= 0.6 is 25.3 Å². The van der Waals surface area contributed by atoms with E-state index in [1.807, 2.05) is 0 Å². The molecule has 2 nitrogen and oxygen atoms in total. The lowest BCUT2D eigenvalue weighted by Gasteiger charge is -2.10. The average Bonchev–Trinajstić information content (AvgIpc) is 2.60. The highest BCUT2D eigenvalue weighted by Gasteiger charge is 2.03. The number of carboxylic acid groups (broad SMARTS) is 1. The molecular formula is C23H48O2S2. The van der Waals surface area contributed by atoms with Crippen LogP contribution in [0, 0.1) is 5.92 Å². The minimum Gasteiger partial charge on any atom is -0.481 e. The van der Waals surface area contributed by atoms with Crippen molar-refractivity contribution in [3.05, 3.63) is 0 Å². The van der Waals surface area contributed by atoms with Crippen LogP contribution in [-0.2, 0) is 4.79 Å². The molecule has 0 aliphatic heterocycles. The number of carboxylic acids is 1. The summed E-state index contributed by atoms with van der Waals surface area (Å²) in [4.78, 5) is 9.55. The third-order valence-electron chi connectivity index (χ3n) is 4.79. The number of hydrogen-bond acceptors (Lipinski definition) is 3. The highest BCUT2D eigenvalue weighted by atomic mass is 32.1. The molecule has 0 saturated carbocycles. The minimum atomic E-state index is -0.787. The van der Waals surface area contributed by atoms with Crippen LogP contribution in [0.1, 0.15) is 124 Å². The first kappa shape index (κ1) is 29.4. The molecule has 4 heteroatoms. The molecule has 1 atom stereocenters. The van der Waals surface area contributed by atoms with Crippen LogP contribution in [-0.4, -0.2) is 22.1 Å². The van der Waals surface area contributed by atoms with Crippen molar-refractivity contribution in [2.75, 3.05) is 5.75 Å². The Morgan fingerprint density at radius 1 is 0.778 bits per heavy atom. The fourth-order valence-corrected chi connectivity index (χ4v) is 3.60. The van der Waals surface area contributed by atoms with E-state index in [4.69, 9.17) is 17.7 Å². The third kappa shape index (κ3) is 31.1. The van der Waals surface area contributed by atoms with Gasteiger partial charge in [-0.25, -0.2) is 0 Å². The topological polar surface area (TPSA) is 37.3 Å². The van der Waals surface area contributed by atoms with E-state index in [9.17, 15) is 4.79 Å². The summed E-state index contributed by atoms with van der Waals surface area (Å²) in [5.41, 5.74) is 0. The Morgan fingerprint density at radius 3 is 1.56 bits per heavy atom. The molecule has 0 rings (SSSR count). The summed E-state index contributed by atoms with van der Waals surface area (Å²) in [5, 5.41) is 8.53. The van der Waals surface area contributed by atoms with Gasteiger partial charge in [0.25, 0.3) is 0 Å². The van der Waals surface area contributed by atoms with E-state index < -0.39 is 5.97 Å². The highest BCUT2D eigenvalue weighted by Crippen LogP contribution is 2.18. The smallest absolute Gasteiger partial charge is 0.304 e. The predicted molar refractivity (Wildman–Crippen MR) is 129 cm³/mol. The van der Waals surface area contributed by atoms with Gasteiger partial charge in [-0.2, -0.15) is 25.3 Å². The normalized spacial score (nSPS) is 11.9. The zero-order valence-corrected chi connectivity index (χ0v) is 20.2. The van der Waals surface area contributed by atoms with E-state index in [0.29, 0.717) is 11.0 Å². The first-order valence-corrected chi connectivity index (χ1v) is 12.6. The van der Waals surface area contributed by atoms with Crippen molar-refractivity contribution in [1.29, 1.82) is 0 Å². The SMILES string of the molecule is CCCCCCCCCCCC(S)CCCCCC(C)C.O=C(O)CCS. The zero-order valence-electron chi connectivity index (χ0n) is 18.4. The van der Waals surface area contributed by atoms with Crippen molar-refractivity contribution in [3.63, 3.8) is 0 Å². The first-order chi connectivity index (χ1) is 12.9. The Morgan fingerprint density at radius 2 is 1.19 bits per heavy atom. The Balaban J connectivity index is 0. The van der Waals surface area contributed by atoms with Gasteiger partial charge in [0, 0.05) is 11.0 Å². The van der Waals surface area contributed by atoms with Crippen LogP contribution in [0.4, 0.5) is 0 Å². The Bertz CT molecular complexity index is 296. The van der Waals surface area contributed by atoms with E-state index >= 15 is 0 Å². The molecule has 0 spiro atoms. The monoisotopic (exact) mass is 420 g/mol. The molecule has 0 aromatic heterocycles. The zero-order chi connectivity index (χ0) is 20.8. The van der Waals surface area contributed by atoms with Crippen molar-refractivity contribution in [2.45, 2.75) is 129 Å². The lowest BCUT2D eigenvalue weighted by molar-refractivity contribution is -0.136. The molecule has 0 aromatic rings. The second kappa shape index (κ2) is 24.2. The molecule has 1 unspecified atom stereocenters. The van der Waals surface area contributed by atoms with Crippen molar-refractivity contribution in [3.8, 4) is 0 Å². The summed E-state index contributed by atoms with van der Waals surface area (Å²) < 4.78 is 0. The van der Waals surface area contributed by atoms with Crippen molar-refractivity contribution < 1.29 is 9.90 Å². The summed E-state index contributed by atoms with van der Waals surface area (Å²) in [6, 6.07) is 0. The van der Waals surface area contributed by atoms with Crippen LogP contribution in [0.3, 0.4) is 0 Å². The summed E-state index contributed by atoms with van der Waals surface area (Å²) in [5.74, 6) is 0.513. The van der Waals surface area contributed by atoms with Gasteiger partial charge in [-0.05, 0) is 18.8 Å². The Kier molecular flexibility index (Phi) is 26.3. The quantitative estimate of drug-likeness (QED) is 0.154. The van der Waals surface area contributed by atoms with Gasteiger partial charge < -0.3 is 5.11 Å². The Hall–Kier alpha value is 0.170. The fraction of sp³-hybridized carbons (Fsp3) is 0.957. The average molecular weight is 421 g/mol. The molecule has 164 valence electrons. The first-order valence-electron chi connectivity index (χ1n) is 11.4. The summed E-state index contributed by atoms with van der Waals surface area (Å²) in [6.07, 6.45) is 21.3. The molecule has 0 radical (unpaired) electrons. The molecule has 0 amide bonds. The minimum absolute atomic E-state index is 0.156. The van der Waals surface area contributed by atoms with Gasteiger partial charge in [0.05, 0.1) is 6.42 Å². The molecule has 27 heavy (non-hydrogen) atoms. The molecule has 0 heterocycles. The van der Waals surface area contributed by atoms with Gasteiger partial charge in [0.15, 0.2) is 0 Å². The fourth-order valence-electron chi connectivity index (χ4n) is 3.04. The van der Waals surface area contributed by atoms with Crippen LogP contribution in [0.15, 0.2) is 0 Å². The molecule has 0 bridgehead atoms. The van der Waals surface area contributed by atoms with E-state index in [1.165, 1.54) is 96.3 Å². The maximum Gasteiger partial charge on any atom is 0.304 e. The second-order valence-electron chi connectivity index (χ2n) is 8.17. The standard InChI is InChI=1S/C20H42S.C3H6O2S/c1-4-5-6-7-8-9-10-11-14-17-20(21)18-15-12-13-16-19(2)3;4-3(5)1-2-6/h19-21H,4-18H2,1-3H3;6H,1-2H2,(H,4,5). The third-order valence-corrected chi connectivity index (χ3v) is 5.53. The van der Waals surface area contributed by atoms with Gasteiger partial charge in [0.2, 0.25) is 0 Å². The maximum absolute atomic E-state index is 9.55. The van der Waals surface area contributed by atoms with Gasteiger partial charge >= 0.3 is 5.97 Å². The highest BCUT2D eigenvalue weighted by molar-refractivity contribution is 7.81. The number of thiol groups is 2. The number of rotatable bonds is 18. The van der Waals surface area contributed by atoms with Crippen LogP contribution < -0.4 is 0 Å². The number of aliphatic carboxylic acids is 1. The lowest BCUT2D eigenvalue weighted by Crippen LogP contribution is -1.99. The van der Waals surface area contributed by atoms with Crippen molar-refractivity contribution in [1.82, 2.24) is 0 Å². The maximum atomic E-state index is 9.55. The summed E-state index contributed by atoms with van der Waals surface area (Å²) >= 11 is 8.43. The molecule has 1 N–H and O–H groups in total. The van der Waals surface area contributed by atoms with Crippen molar-refractivity contribution in [2.24, 2.45) is 5.92 Å². The second-order valence-corrected chi connectivity index (χ2v) is 9.35. The van der Waals surface area contributed by atoms with E-state index in [1.54, 1.807) is 0 Å². The van der Waals surface area contributed by atoms with Gasteiger partial charge in [-0.1, -0.05) is 104 Å². The number of hydrogen-bond donors (Lipinski definition) is 3. The van der Waals surface area contributed by atoms with Gasteiger partial charge in [-0.15, -0.1) is 0 Å². The van der Waals surface area contributed by atoms with Crippen molar-refractivity contribution >= 4 is 31.2 Å². The van der Waals surface area contributed by atoms with Crippen LogP contribution in [0.25, 0.3) is 0 Å². The van der Waals surface area contributed by atoms with E-state index in [2.05, 4.69) is 33.4 Å². The molecule has 0 aliphatic rings. The predicted octanol–water partition coefficient (Wildman–Crippen LogP) is 8.20. The Labute approximate surface area is 181 Å². The number of carbonyl (C=O) groups is 1. The van der Waals surface area contributed by atoms with Gasteiger partial charge in [-0.3, -0.25) is 4.79 Å². The van der Waals surface area contributed by atoms with E-state index in [0.717, 1.165) is 5.92 Å². The molecule has 0 aromatic carbocycles. The van der Waals surface area contributed by atoms with E-state index in [-0.39, 0.29) is 6.42 Å². The number of unbranched alkanes of at least 4 members (excludes halogenated alkanes) is 10. The molecular weight excluding hydrogens is 372 g/mol. The van der Waals surface area contributed by atoms with Gasteiger partial charge in [0.1, 0.15) is 0 Å². The molecule has 0 saturated heterocycles. The largest absolute Gasteiger partial charge is 0.481 e. The summed E-state index contributed by atoms with van der Waals surface area (Å²) in [7, 11) is 0. The van der Waals surface area contributed by atoms with Crippen LogP contribution in [0.2, 0.25) is 0 Å². The summed E-state index contributed by atoms with van der Waals surface area (Å²) in [6.45, 7) is 6.94. The molecule has 0 fully saturated rings. The molecule has 0 aliphatic carbocycles. The lowest BCUT2D eigenvalue weighted by atomic mass is 10.0.